The van der Waals surface area contributed by atoms with E-state index in [0.29, 0.717) is 29.9 Å². The molecular formula is C22H28N2O3. The Hall–Kier alpha value is -2.66. The third-order valence-corrected chi connectivity index (χ3v) is 4.65. The lowest BCUT2D eigenvalue weighted by molar-refractivity contribution is 0.0982. The number of primary amides is 1. The number of nitrogens with zero attached hydrogens (tertiary/aromatic N) is 1. The van der Waals surface area contributed by atoms with E-state index in [4.69, 9.17) is 10.5 Å². The van der Waals surface area contributed by atoms with Crippen molar-refractivity contribution in [1.82, 2.24) is 4.90 Å². The van der Waals surface area contributed by atoms with Gasteiger partial charge in [-0.1, -0.05) is 51.1 Å². The highest BCUT2D eigenvalue weighted by Gasteiger charge is 2.16. The number of hydrogen-bond donors (Lipinski definition) is 1. The molecule has 0 fully saturated rings. The summed E-state index contributed by atoms with van der Waals surface area (Å²) in [4.78, 5) is 26.2. The first kappa shape index (κ1) is 20.6. The summed E-state index contributed by atoms with van der Waals surface area (Å²) in [6.45, 7) is 9.12. The quantitative estimate of drug-likeness (QED) is 0.648. The standard InChI is InChI=1S/C22H28N2O3/c1-4-20(25)17-10-7-9-16(15-17)18-11-8-12-19(22(23)26)21(18)27-14-13-24(5-2)6-3/h7-12,15H,4-6,13-14H2,1-3H3,(H2,23,26). The van der Waals surface area contributed by atoms with Gasteiger partial charge in [0, 0.05) is 24.1 Å². The molecule has 2 aromatic rings. The van der Waals surface area contributed by atoms with Crippen molar-refractivity contribution < 1.29 is 14.3 Å². The lowest BCUT2D eigenvalue weighted by atomic mass is 9.97. The maximum absolute atomic E-state index is 12.1. The Morgan fingerprint density at radius 2 is 1.74 bits per heavy atom. The lowest BCUT2D eigenvalue weighted by Gasteiger charge is -2.20. The van der Waals surface area contributed by atoms with Gasteiger partial charge in [-0.05, 0) is 30.8 Å². The van der Waals surface area contributed by atoms with E-state index < -0.39 is 5.91 Å². The van der Waals surface area contributed by atoms with Crippen molar-refractivity contribution in [2.45, 2.75) is 27.2 Å². The third-order valence-electron chi connectivity index (χ3n) is 4.65. The molecule has 0 aromatic heterocycles. The van der Waals surface area contributed by atoms with Gasteiger partial charge in [0.15, 0.2) is 5.78 Å². The second-order valence-electron chi connectivity index (χ2n) is 6.28. The van der Waals surface area contributed by atoms with Gasteiger partial charge >= 0.3 is 0 Å². The van der Waals surface area contributed by atoms with Gasteiger partial charge in [-0.15, -0.1) is 0 Å². The lowest BCUT2D eigenvalue weighted by Crippen LogP contribution is -2.28. The number of ether oxygens (including phenoxy) is 1. The minimum absolute atomic E-state index is 0.0758. The molecule has 0 saturated heterocycles. The monoisotopic (exact) mass is 368 g/mol. The summed E-state index contributed by atoms with van der Waals surface area (Å²) in [6.07, 6.45) is 0.442. The Morgan fingerprint density at radius 3 is 2.37 bits per heavy atom. The van der Waals surface area contributed by atoms with Crippen molar-refractivity contribution in [1.29, 1.82) is 0 Å². The normalized spacial score (nSPS) is 10.8. The summed E-state index contributed by atoms with van der Waals surface area (Å²) >= 11 is 0. The molecule has 0 atom stereocenters. The van der Waals surface area contributed by atoms with Crippen LogP contribution in [0.15, 0.2) is 42.5 Å². The topological polar surface area (TPSA) is 72.6 Å². The average molecular weight is 368 g/mol. The second-order valence-corrected chi connectivity index (χ2v) is 6.28. The fourth-order valence-corrected chi connectivity index (χ4v) is 2.99. The molecule has 0 saturated carbocycles. The molecule has 0 aliphatic carbocycles. The van der Waals surface area contributed by atoms with Crippen LogP contribution in [0.2, 0.25) is 0 Å². The molecule has 0 aliphatic rings. The van der Waals surface area contributed by atoms with Crippen LogP contribution in [0.3, 0.4) is 0 Å². The highest BCUT2D eigenvalue weighted by molar-refractivity contribution is 6.00. The van der Waals surface area contributed by atoms with Crippen molar-refractivity contribution in [3.63, 3.8) is 0 Å². The van der Waals surface area contributed by atoms with Gasteiger partial charge in [0.25, 0.3) is 5.91 Å². The number of amides is 1. The van der Waals surface area contributed by atoms with E-state index in [1.165, 1.54) is 0 Å². The van der Waals surface area contributed by atoms with E-state index in [9.17, 15) is 9.59 Å². The number of rotatable bonds is 10. The first-order valence-corrected chi connectivity index (χ1v) is 9.43. The van der Waals surface area contributed by atoms with Crippen molar-refractivity contribution in [2.24, 2.45) is 5.73 Å². The molecule has 2 aromatic carbocycles. The Bertz CT molecular complexity index is 798. The van der Waals surface area contributed by atoms with E-state index in [-0.39, 0.29) is 5.78 Å². The summed E-state index contributed by atoms with van der Waals surface area (Å²) in [5.74, 6) is 0.0145. The van der Waals surface area contributed by atoms with E-state index in [2.05, 4.69) is 18.7 Å². The van der Waals surface area contributed by atoms with Crippen LogP contribution in [0.5, 0.6) is 5.75 Å². The number of Topliss-reactive ketones (excluding diaryl/α,β-unsaturated/α-hetero) is 1. The highest BCUT2D eigenvalue weighted by atomic mass is 16.5. The molecule has 5 nitrogen and oxygen atoms in total. The SMILES string of the molecule is CCC(=O)c1cccc(-c2cccc(C(N)=O)c2OCCN(CC)CC)c1. The molecular weight excluding hydrogens is 340 g/mol. The van der Waals surface area contributed by atoms with E-state index in [1.54, 1.807) is 18.2 Å². The molecule has 5 heteroatoms. The van der Waals surface area contributed by atoms with Gasteiger partial charge in [-0.3, -0.25) is 9.59 Å². The van der Waals surface area contributed by atoms with Gasteiger partial charge in [-0.2, -0.15) is 0 Å². The molecule has 0 bridgehead atoms. The molecule has 0 aliphatic heterocycles. The van der Waals surface area contributed by atoms with Crippen molar-refractivity contribution in [2.75, 3.05) is 26.2 Å². The van der Waals surface area contributed by atoms with Gasteiger partial charge in [0.05, 0.1) is 5.56 Å². The number of hydrogen-bond acceptors (Lipinski definition) is 4. The summed E-state index contributed by atoms with van der Waals surface area (Å²) < 4.78 is 6.02. The van der Waals surface area contributed by atoms with Crippen LogP contribution in [0.25, 0.3) is 11.1 Å². The number of likely N-dealkylation sites (N-methyl/N-ethyl adjacent to an activating group) is 1. The van der Waals surface area contributed by atoms with E-state index >= 15 is 0 Å². The van der Waals surface area contributed by atoms with Crippen LogP contribution < -0.4 is 10.5 Å². The number of ketones is 1. The first-order valence-electron chi connectivity index (χ1n) is 9.43. The zero-order chi connectivity index (χ0) is 19.8. The van der Waals surface area contributed by atoms with Crippen molar-refractivity contribution >= 4 is 11.7 Å². The summed E-state index contributed by atoms with van der Waals surface area (Å²) in [5, 5.41) is 0. The predicted molar refractivity (Wildman–Crippen MR) is 108 cm³/mol. The van der Waals surface area contributed by atoms with Gasteiger partial charge in [0.2, 0.25) is 0 Å². The molecule has 0 unspecified atom stereocenters. The summed E-state index contributed by atoms with van der Waals surface area (Å²) in [5.41, 5.74) is 8.14. The fourth-order valence-electron chi connectivity index (χ4n) is 2.99. The fraction of sp³-hybridized carbons (Fsp3) is 0.364. The van der Waals surface area contributed by atoms with Crippen molar-refractivity contribution in [3.8, 4) is 16.9 Å². The van der Waals surface area contributed by atoms with Gasteiger partial charge in [0.1, 0.15) is 12.4 Å². The van der Waals surface area contributed by atoms with Crippen LogP contribution in [0.4, 0.5) is 0 Å². The molecule has 0 radical (unpaired) electrons. The number of benzene rings is 2. The number of carbonyl (C=O) groups excluding carboxylic acids is 2. The zero-order valence-electron chi connectivity index (χ0n) is 16.3. The number of carbonyl (C=O) groups is 2. The zero-order valence-corrected chi connectivity index (χ0v) is 16.3. The van der Waals surface area contributed by atoms with E-state index in [0.717, 1.165) is 30.8 Å². The molecule has 2 N–H and O–H groups in total. The molecule has 2 rings (SSSR count). The molecule has 0 spiro atoms. The maximum Gasteiger partial charge on any atom is 0.252 e. The molecule has 27 heavy (non-hydrogen) atoms. The van der Waals surface area contributed by atoms with Gasteiger partial charge in [-0.25, -0.2) is 0 Å². The third kappa shape index (κ3) is 5.17. The van der Waals surface area contributed by atoms with E-state index in [1.807, 2.05) is 31.2 Å². The van der Waals surface area contributed by atoms with Crippen LogP contribution in [-0.4, -0.2) is 42.8 Å². The Kier molecular flexibility index (Phi) is 7.55. The smallest absolute Gasteiger partial charge is 0.252 e. The van der Waals surface area contributed by atoms with Crippen LogP contribution >= 0.6 is 0 Å². The van der Waals surface area contributed by atoms with Crippen LogP contribution in [0, 0.1) is 0 Å². The highest BCUT2D eigenvalue weighted by Crippen LogP contribution is 2.34. The predicted octanol–water partition coefficient (Wildman–Crippen LogP) is 3.77. The average Bonchev–Trinajstić information content (AvgIpc) is 2.70. The number of nitrogens with two attached hydrogens (primary N) is 1. The Morgan fingerprint density at radius 1 is 1.04 bits per heavy atom. The summed E-state index contributed by atoms with van der Waals surface area (Å²) in [6, 6.07) is 12.7. The number of para-hydroxylation sites is 1. The molecule has 1 amide bonds. The van der Waals surface area contributed by atoms with Gasteiger partial charge < -0.3 is 15.4 Å². The minimum atomic E-state index is -0.532. The first-order chi connectivity index (χ1) is 13.0. The van der Waals surface area contributed by atoms with Crippen LogP contribution in [-0.2, 0) is 0 Å². The minimum Gasteiger partial charge on any atom is -0.491 e. The summed E-state index contributed by atoms with van der Waals surface area (Å²) in [7, 11) is 0. The van der Waals surface area contributed by atoms with Crippen LogP contribution in [0.1, 0.15) is 47.9 Å². The van der Waals surface area contributed by atoms with Crippen molar-refractivity contribution in [3.05, 3.63) is 53.6 Å². The maximum atomic E-state index is 12.1. The Labute approximate surface area is 161 Å². The molecule has 144 valence electrons. The second kappa shape index (κ2) is 9.88. The largest absolute Gasteiger partial charge is 0.491 e. The Balaban J connectivity index is 2.40. The molecule has 0 heterocycles.